The molecular formula is C15H19ClN2O6S. The molecule has 1 atom stereocenters. The summed E-state index contributed by atoms with van der Waals surface area (Å²) in [6, 6.07) is 2.90. The van der Waals surface area contributed by atoms with Crippen LogP contribution in [0.3, 0.4) is 0 Å². The van der Waals surface area contributed by atoms with E-state index < -0.39 is 15.7 Å². The van der Waals surface area contributed by atoms with Gasteiger partial charge in [0.05, 0.1) is 37.0 Å². The molecule has 0 saturated carbocycles. The molecule has 1 fully saturated rings. The number of rotatable bonds is 7. The molecule has 0 bridgehead atoms. The Labute approximate surface area is 151 Å². The van der Waals surface area contributed by atoms with Crippen LogP contribution in [0.2, 0.25) is 5.02 Å². The molecule has 1 heterocycles. The van der Waals surface area contributed by atoms with E-state index >= 15 is 0 Å². The van der Waals surface area contributed by atoms with E-state index in [1.807, 2.05) is 0 Å². The average molecular weight is 391 g/mol. The molecule has 0 radical (unpaired) electrons. The fourth-order valence-electron chi connectivity index (χ4n) is 2.38. The van der Waals surface area contributed by atoms with Gasteiger partial charge in [0.25, 0.3) is 5.91 Å². The van der Waals surface area contributed by atoms with E-state index in [2.05, 4.69) is 10.5 Å². The van der Waals surface area contributed by atoms with Crippen LogP contribution in [0, 0.1) is 0 Å². The highest BCUT2D eigenvalue weighted by molar-refractivity contribution is 7.91. The van der Waals surface area contributed by atoms with Crippen LogP contribution in [0.1, 0.15) is 12.0 Å². The van der Waals surface area contributed by atoms with E-state index in [1.54, 1.807) is 12.1 Å². The molecule has 10 heteroatoms. The van der Waals surface area contributed by atoms with Gasteiger partial charge in [-0.05, 0) is 18.6 Å². The first-order chi connectivity index (χ1) is 11.8. The Kier molecular flexibility index (Phi) is 6.49. The second kappa shape index (κ2) is 8.39. The summed E-state index contributed by atoms with van der Waals surface area (Å²) in [5.74, 6) is 0.484. The molecule has 25 heavy (non-hydrogen) atoms. The van der Waals surface area contributed by atoms with Crippen molar-refractivity contribution in [2.45, 2.75) is 12.5 Å². The van der Waals surface area contributed by atoms with Gasteiger partial charge in [0.2, 0.25) is 0 Å². The number of nitrogens with one attached hydrogen (secondary N) is 1. The van der Waals surface area contributed by atoms with Crippen LogP contribution in [0.15, 0.2) is 17.3 Å². The average Bonchev–Trinajstić information content (AvgIpc) is 2.89. The molecule has 8 nitrogen and oxygen atoms in total. The summed E-state index contributed by atoms with van der Waals surface area (Å²) in [5, 5.41) is 6.65. The summed E-state index contributed by atoms with van der Waals surface area (Å²) >= 11 is 6.07. The molecule has 1 saturated heterocycles. The third-order valence-corrected chi connectivity index (χ3v) is 5.57. The third-order valence-electron chi connectivity index (χ3n) is 3.53. The summed E-state index contributed by atoms with van der Waals surface area (Å²) in [4.78, 5) is 16.6. The van der Waals surface area contributed by atoms with E-state index in [1.165, 1.54) is 20.4 Å². The molecule has 1 amide bonds. The van der Waals surface area contributed by atoms with Gasteiger partial charge in [-0.1, -0.05) is 16.8 Å². The largest absolute Gasteiger partial charge is 0.493 e. The van der Waals surface area contributed by atoms with Gasteiger partial charge in [-0.3, -0.25) is 4.79 Å². The number of amides is 1. The Bertz CT molecular complexity index is 766. The van der Waals surface area contributed by atoms with E-state index in [-0.39, 0.29) is 24.2 Å². The molecule has 0 unspecified atom stereocenters. The molecule has 2 rings (SSSR count). The maximum absolute atomic E-state index is 11.7. The van der Waals surface area contributed by atoms with E-state index in [9.17, 15) is 13.2 Å². The van der Waals surface area contributed by atoms with Crippen LogP contribution in [0.5, 0.6) is 11.5 Å². The van der Waals surface area contributed by atoms with Gasteiger partial charge in [-0.25, -0.2) is 8.42 Å². The summed E-state index contributed by atoms with van der Waals surface area (Å²) in [5.41, 5.74) is 0.602. The topological polar surface area (TPSA) is 103 Å². The minimum Gasteiger partial charge on any atom is -0.493 e. The Morgan fingerprint density at radius 3 is 2.76 bits per heavy atom. The number of sulfone groups is 1. The van der Waals surface area contributed by atoms with Crippen molar-refractivity contribution in [3.05, 3.63) is 22.7 Å². The SMILES string of the molecule is COc1cc(/C=N\OCC(=O)N[C@@H]2CCS(=O)(=O)C2)cc(Cl)c1OC. The number of halogens is 1. The number of hydrogen-bond acceptors (Lipinski definition) is 7. The molecule has 138 valence electrons. The molecule has 1 aliphatic heterocycles. The van der Waals surface area contributed by atoms with Gasteiger partial charge < -0.3 is 19.6 Å². The quantitative estimate of drug-likeness (QED) is 0.550. The second-order valence-corrected chi connectivity index (χ2v) is 8.05. The molecule has 1 aliphatic rings. The Balaban J connectivity index is 1.85. The van der Waals surface area contributed by atoms with Crippen molar-refractivity contribution in [1.29, 1.82) is 0 Å². The van der Waals surface area contributed by atoms with Gasteiger partial charge in [0.15, 0.2) is 27.9 Å². The van der Waals surface area contributed by atoms with Crippen molar-refractivity contribution >= 4 is 33.6 Å². The van der Waals surface area contributed by atoms with Crippen molar-refractivity contribution in [3.63, 3.8) is 0 Å². The zero-order chi connectivity index (χ0) is 18.4. The Morgan fingerprint density at radius 1 is 1.40 bits per heavy atom. The number of hydrogen-bond donors (Lipinski definition) is 1. The standard InChI is InChI=1S/C15H19ClN2O6S/c1-22-13-6-10(5-12(16)15(13)23-2)7-17-24-8-14(19)18-11-3-4-25(20,21)9-11/h5-7,11H,3-4,8-9H2,1-2H3,(H,18,19)/b17-7-/t11-/m1/s1. The predicted octanol–water partition coefficient (Wildman–Crippen LogP) is 1.01. The lowest BCUT2D eigenvalue weighted by atomic mass is 10.2. The lowest BCUT2D eigenvalue weighted by Gasteiger charge is -2.10. The number of oxime groups is 1. The molecule has 1 aromatic rings. The number of methoxy groups -OCH3 is 2. The Morgan fingerprint density at radius 2 is 2.16 bits per heavy atom. The van der Waals surface area contributed by atoms with Gasteiger partial charge in [0, 0.05) is 11.6 Å². The Hall–Kier alpha value is -2.00. The first-order valence-corrected chi connectivity index (χ1v) is 9.61. The number of nitrogens with zero attached hydrogens (tertiary/aromatic N) is 1. The minimum absolute atomic E-state index is 0.0356. The highest BCUT2D eigenvalue weighted by Crippen LogP contribution is 2.35. The maximum Gasteiger partial charge on any atom is 0.261 e. The summed E-state index contributed by atoms with van der Waals surface area (Å²) in [6.45, 7) is -0.311. The summed E-state index contributed by atoms with van der Waals surface area (Å²) in [6.07, 6.45) is 1.79. The fraction of sp³-hybridized carbons (Fsp3) is 0.467. The zero-order valence-corrected chi connectivity index (χ0v) is 15.4. The molecular weight excluding hydrogens is 372 g/mol. The highest BCUT2D eigenvalue weighted by atomic mass is 35.5. The van der Waals surface area contributed by atoms with Crippen molar-refractivity contribution in [2.75, 3.05) is 32.3 Å². The lowest BCUT2D eigenvalue weighted by Crippen LogP contribution is -2.37. The van der Waals surface area contributed by atoms with Gasteiger partial charge in [0.1, 0.15) is 0 Å². The number of benzene rings is 1. The fourth-order valence-corrected chi connectivity index (χ4v) is 4.35. The van der Waals surface area contributed by atoms with Crippen molar-refractivity contribution in [2.24, 2.45) is 5.16 Å². The van der Waals surface area contributed by atoms with E-state index in [0.29, 0.717) is 28.5 Å². The van der Waals surface area contributed by atoms with Crippen molar-refractivity contribution in [1.82, 2.24) is 5.32 Å². The van der Waals surface area contributed by atoms with Crippen LogP contribution >= 0.6 is 11.6 Å². The third kappa shape index (κ3) is 5.50. The zero-order valence-electron chi connectivity index (χ0n) is 13.8. The predicted molar refractivity (Wildman–Crippen MR) is 93.3 cm³/mol. The molecule has 0 aliphatic carbocycles. The first-order valence-electron chi connectivity index (χ1n) is 7.41. The normalized spacial score (nSPS) is 18.9. The minimum atomic E-state index is -3.04. The van der Waals surface area contributed by atoms with E-state index in [4.69, 9.17) is 25.9 Å². The second-order valence-electron chi connectivity index (χ2n) is 5.41. The molecule has 0 aromatic heterocycles. The number of carbonyl (C=O) groups excluding carboxylic acids is 1. The van der Waals surface area contributed by atoms with E-state index in [0.717, 1.165) is 0 Å². The van der Waals surface area contributed by atoms with Crippen molar-refractivity contribution < 1.29 is 27.5 Å². The number of carbonyl (C=O) groups is 1. The van der Waals surface area contributed by atoms with Crippen molar-refractivity contribution in [3.8, 4) is 11.5 Å². The van der Waals surface area contributed by atoms with Gasteiger partial charge in [-0.15, -0.1) is 0 Å². The maximum atomic E-state index is 11.7. The summed E-state index contributed by atoms with van der Waals surface area (Å²) < 4.78 is 33.0. The molecule has 1 aromatic carbocycles. The molecule has 0 spiro atoms. The van der Waals surface area contributed by atoms with Crippen LogP contribution < -0.4 is 14.8 Å². The highest BCUT2D eigenvalue weighted by Gasteiger charge is 2.28. The molecule has 1 N–H and O–H groups in total. The lowest BCUT2D eigenvalue weighted by molar-refractivity contribution is -0.126. The summed E-state index contributed by atoms with van der Waals surface area (Å²) in [7, 11) is -0.0723. The first kappa shape index (κ1) is 19.3. The van der Waals surface area contributed by atoms with Gasteiger partial charge >= 0.3 is 0 Å². The monoisotopic (exact) mass is 390 g/mol. The smallest absolute Gasteiger partial charge is 0.261 e. The van der Waals surface area contributed by atoms with Crippen LogP contribution in [0.25, 0.3) is 0 Å². The van der Waals surface area contributed by atoms with Crippen LogP contribution in [0.4, 0.5) is 0 Å². The van der Waals surface area contributed by atoms with Gasteiger partial charge in [-0.2, -0.15) is 0 Å². The van der Waals surface area contributed by atoms with Crippen LogP contribution in [-0.2, 0) is 19.5 Å². The van der Waals surface area contributed by atoms with Crippen LogP contribution in [-0.4, -0.2) is 58.9 Å². The number of ether oxygens (including phenoxy) is 2.